The van der Waals surface area contributed by atoms with Crippen molar-refractivity contribution in [1.29, 1.82) is 0 Å². The first-order valence-electron chi connectivity index (χ1n) is 8.24. The molecule has 27 heavy (non-hydrogen) atoms. The van der Waals surface area contributed by atoms with E-state index in [4.69, 9.17) is 0 Å². The van der Waals surface area contributed by atoms with Crippen LogP contribution in [-0.4, -0.2) is 26.9 Å². The summed E-state index contributed by atoms with van der Waals surface area (Å²) in [4.78, 5) is 0.107. The lowest BCUT2D eigenvalue weighted by atomic mass is 10.2. The monoisotopic (exact) mass is 399 g/mol. The van der Waals surface area contributed by atoms with E-state index in [9.17, 15) is 8.42 Å². The minimum Gasteiger partial charge on any atom is -0.276 e. The van der Waals surface area contributed by atoms with E-state index in [1.165, 1.54) is 6.07 Å². The predicted molar refractivity (Wildman–Crippen MR) is 106 cm³/mol. The van der Waals surface area contributed by atoms with Gasteiger partial charge in [-0.2, -0.15) is 13.8 Å². The Labute approximate surface area is 161 Å². The van der Waals surface area contributed by atoms with Gasteiger partial charge >= 0.3 is 0 Å². The first kappa shape index (κ1) is 17.6. The second-order valence-electron chi connectivity index (χ2n) is 6.29. The fourth-order valence-corrected chi connectivity index (χ4v) is 4.86. The van der Waals surface area contributed by atoms with E-state index in [-0.39, 0.29) is 4.90 Å². The van der Waals surface area contributed by atoms with E-state index >= 15 is 0 Å². The van der Waals surface area contributed by atoms with Crippen LogP contribution in [0.1, 0.15) is 17.0 Å². The lowest BCUT2D eigenvalue weighted by Crippen LogP contribution is -2.14. The molecular formula is C18H17N5O2S2. The quantitative estimate of drug-likeness (QED) is 0.566. The molecule has 7 nitrogen and oxygen atoms in total. The molecule has 0 amide bonds. The van der Waals surface area contributed by atoms with Gasteiger partial charge in [0.15, 0.2) is 0 Å². The zero-order valence-corrected chi connectivity index (χ0v) is 16.6. The number of fused-ring (bicyclic) bond motifs is 1. The molecule has 0 aliphatic carbocycles. The number of benzene rings is 2. The molecule has 4 rings (SSSR count). The highest BCUT2D eigenvalue weighted by Gasteiger charge is 2.23. The number of aromatic nitrogens is 4. The molecule has 0 saturated carbocycles. The number of hydrogen-bond acceptors (Lipinski definition) is 6. The molecule has 138 valence electrons. The molecule has 0 radical (unpaired) electrons. The Morgan fingerprint density at radius 1 is 1.00 bits per heavy atom. The van der Waals surface area contributed by atoms with Crippen molar-refractivity contribution >= 4 is 38.5 Å². The number of nitrogens with zero attached hydrogens (tertiary/aromatic N) is 4. The van der Waals surface area contributed by atoms with Gasteiger partial charge in [0.2, 0.25) is 0 Å². The number of sulfonamides is 1. The maximum Gasteiger partial charge on any atom is 0.264 e. The van der Waals surface area contributed by atoms with Crippen LogP contribution < -0.4 is 4.72 Å². The minimum absolute atomic E-state index is 0.107. The van der Waals surface area contributed by atoms with Gasteiger partial charge in [0.25, 0.3) is 10.0 Å². The summed E-state index contributed by atoms with van der Waals surface area (Å²) in [6, 6.07) is 12.8. The lowest BCUT2D eigenvalue weighted by molar-refractivity contribution is 0.602. The Kier molecular flexibility index (Phi) is 4.20. The van der Waals surface area contributed by atoms with E-state index in [1.807, 2.05) is 38.1 Å². The van der Waals surface area contributed by atoms with Crippen molar-refractivity contribution in [2.45, 2.75) is 25.7 Å². The fourth-order valence-electron chi connectivity index (χ4n) is 2.92. The normalized spacial score (nSPS) is 11.8. The van der Waals surface area contributed by atoms with E-state index in [2.05, 4.69) is 18.6 Å². The maximum atomic E-state index is 13.0. The highest BCUT2D eigenvalue weighted by Crippen LogP contribution is 2.28. The molecule has 1 N–H and O–H groups in total. The average Bonchev–Trinajstić information content (AvgIpc) is 3.22. The standard InChI is InChI=1S/C18H17N5O2S2/c1-11-7-9-14(10-8-11)23-13(3)17(12(2)19-23)22-27(24,25)16-6-4-5-15-18(16)21-26-20-15/h4-10,22H,1-3H3. The van der Waals surface area contributed by atoms with Crippen LogP contribution in [0.25, 0.3) is 16.7 Å². The highest BCUT2D eigenvalue weighted by atomic mass is 32.2. The Bertz CT molecular complexity index is 1240. The molecule has 9 heteroatoms. The summed E-state index contributed by atoms with van der Waals surface area (Å²) in [5.41, 5.74) is 4.73. The first-order valence-corrected chi connectivity index (χ1v) is 10.5. The van der Waals surface area contributed by atoms with Crippen molar-refractivity contribution < 1.29 is 8.42 Å². The van der Waals surface area contributed by atoms with Gasteiger partial charge in [-0.05, 0) is 45.0 Å². The van der Waals surface area contributed by atoms with Crippen LogP contribution in [0.15, 0.2) is 47.4 Å². The molecule has 2 heterocycles. The average molecular weight is 400 g/mol. The van der Waals surface area contributed by atoms with Crippen LogP contribution in [0.5, 0.6) is 0 Å². The largest absolute Gasteiger partial charge is 0.276 e. The van der Waals surface area contributed by atoms with E-state index < -0.39 is 10.0 Å². The van der Waals surface area contributed by atoms with Gasteiger partial charge in [0.05, 0.1) is 34.5 Å². The molecule has 0 saturated heterocycles. The van der Waals surface area contributed by atoms with Crippen molar-refractivity contribution in [3.8, 4) is 5.69 Å². The number of anilines is 1. The topological polar surface area (TPSA) is 89.8 Å². The van der Waals surface area contributed by atoms with Gasteiger partial charge in [-0.3, -0.25) is 4.72 Å². The van der Waals surface area contributed by atoms with Gasteiger partial charge in [0, 0.05) is 0 Å². The minimum atomic E-state index is -3.83. The summed E-state index contributed by atoms with van der Waals surface area (Å²) >= 11 is 0.990. The zero-order valence-electron chi connectivity index (χ0n) is 15.0. The van der Waals surface area contributed by atoms with Crippen LogP contribution in [-0.2, 0) is 10.0 Å². The summed E-state index contributed by atoms with van der Waals surface area (Å²) in [6.07, 6.45) is 0. The Morgan fingerprint density at radius 2 is 1.74 bits per heavy atom. The van der Waals surface area contributed by atoms with E-state index in [0.29, 0.717) is 28.1 Å². The molecular weight excluding hydrogens is 382 g/mol. The molecule has 0 aliphatic heterocycles. The number of hydrogen-bond donors (Lipinski definition) is 1. The van der Waals surface area contributed by atoms with Crippen molar-refractivity contribution in [1.82, 2.24) is 18.5 Å². The molecule has 0 atom stereocenters. The molecule has 0 fully saturated rings. The second-order valence-corrected chi connectivity index (χ2v) is 8.47. The first-order chi connectivity index (χ1) is 12.9. The van der Waals surface area contributed by atoms with Gasteiger partial charge in [0.1, 0.15) is 15.9 Å². The molecule has 2 aromatic carbocycles. The third-order valence-corrected chi connectivity index (χ3v) is 6.27. The third-order valence-electron chi connectivity index (χ3n) is 4.34. The Morgan fingerprint density at radius 3 is 2.48 bits per heavy atom. The van der Waals surface area contributed by atoms with Crippen molar-refractivity contribution in [2.24, 2.45) is 0 Å². The highest BCUT2D eigenvalue weighted by molar-refractivity contribution is 7.93. The van der Waals surface area contributed by atoms with Gasteiger partial charge < -0.3 is 0 Å². The maximum absolute atomic E-state index is 13.0. The van der Waals surface area contributed by atoms with E-state index in [0.717, 1.165) is 23.0 Å². The number of aryl methyl sites for hydroxylation is 2. The van der Waals surface area contributed by atoms with Crippen molar-refractivity contribution in [3.63, 3.8) is 0 Å². The summed E-state index contributed by atoms with van der Waals surface area (Å²) < 4.78 is 38.6. The summed E-state index contributed by atoms with van der Waals surface area (Å²) in [6.45, 7) is 5.63. The van der Waals surface area contributed by atoms with Gasteiger partial charge in [-0.25, -0.2) is 13.1 Å². The van der Waals surface area contributed by atoms with Gasteiger partial charge in [-0.15, -0.1) is 0 Å². The predicted octanol–water partition coefficient (Wildman–Crippen LogP) is 3.60. The second kappa shape index (κ2) is 6.43. The third kappa shape index (κ3) is 3.08. The molecule has 2 aromatic heterocycles. The zero-order chi connectivity index (χ0) is 19.2. The van der Waals surface area contributed by atoms with Gasteiger partial charge in [-0.1, -0.05) is 23.8 Å². The fraction of sp³-hybridized carbons (Fsp3) is 0.167. The van der Waals surface area contributed by atoms with Crippen molar-refractivity contribution in [3.05, 3.63) is 59.4 Å². The lowest BCUT2D eigenvalue weighted by Gasteiger charge is -2.09. The Balaban J connectivity index is 1.76. The molecule has 0 spiro atoms. The van der Waals surface area contributed by atoms with Crippen LogP contribution in [0.3, 0.4) is 0 Å². The molecule has 4 aromatic rings. The molecule has 0 unspecified atom stereocenters. The van der Waals surface area contributed by atoms with Crippen molar-refractivity contribution in [2.75, 3.05) is 4.72 Å². The smallest absolute Gasteiger partial charge is 0.264 e. The van der Waals surface area contributed by atoms with E-state index in [1.54, 1.807) is 23.7 Å². The van der Waals surface area contributed by atoms with Crippen LogP contribution in [0.2, 0.25) is 0 Å². The summed E-state index contributed by atoms with van der Waals surface area (Å²) in [7, 11) is -3.83. The Hall–Kier alpha value is -2.78. The SMILES string of the molecule is Cc1ccc(-n2nc(C)c(NS(=O)(=O)c3cccc4nsnc34)c2C)cc1. The summed E-state index contributed by atoms with van der Waals surface area (Å²) in [5.74, 6) is 0. The molecule has 0 aliphatic rings. The molecule has 0 bridgehead atoms. The van der Waals surface area contributed by atoms with Crippen LogP contribution >= 0.6 is 11.7 Å². The number of rotatable bonds is 4. The van der Waals surface area contributed by atoms with Crippen LogP contribution in [0, 0.1) is 20.8 Å². The number of nitrogens with one attached hydrogen (secondary N) is 1. The van der Waals surface area contributed by atoms with Crippen LogP contribution in [0.4, 0.5) is 5.69 Å². The summed E-state index contributed by atoms with van der Waals surface area (Å²) in [5, 5.41) is 4.50.